The zero-order valence-corrected chi connectivity index (χ0v) is 13.0. The van der Waals surface area contributed by atoms with E-state index in [0.717, 1.165) is 5.69 Å². The molecule has 116 valence electrons. The molecule has 0 spiro atoms. The van der Waals surface area contributed by atoms with Gasteiger partial charge in [0, 0.05) is 5.69 Å². The second-order valence-corrected chi connectivity index (χ2v) is 5.47. The molecule has 22 heavy (non-hydrogen) atoms. The second kappa shape index (κ2) is 7.07. The highest BCUT2D eigenvalue weighted by Crippen LogP contribution is 2.19. The molecule has 2 aromatic carbocycles. The number of rotatable bonds is 5. The Kier molecular flexibility index (Phi) is 5.15. The van der Waals surface area contributed by atoms with Crippen LogP contribution in [0.2, 0.25) is 0 Å². The number of ether oxygens (including phenoxy) is 1. The van der Waals surface area contributed by atoms with Crippen LogP contribution in [-0.2, 0) is 11.2 Å². The highest BCUT2D eigenvalue weighted by molar-refractivity contribution is 5.92. The molecule has 1 N–H and O–H groups in total. The van der Waals surface area contributed by atoms with Gasteiger partial charge in [0.1, 0.15) is 0 Å². The molecule has 4 heteroatoms. The Hall–Kier alpha value is -2.36. The van der Waals surface area contributed by atoms with Crippen molar-refractivity contribution in [1.29, 1.82) is 0 Å². The highest BCUT2D eigenvalue weighted by atomic mass is 19.1. The first-order valence-electron chi connectivity index (χ1n) is 7.22. The third kappa shape index (κ3) is 4.07. The Morgan fingerprint density at radius 2 is 1.86 bits per heavy atom. The van der Waals surface area contributed by atoms with Gasteiger partial charge in [-0.2, -0.15) is 0 Å². The van der Waals surface area contributed by atoms with E-state index in [4.69, 9.17) is 4.74 Å². The number of carbonyl (C=O) groups excluding carboxylic acids is 1. The number of carbonyl (C=O) groups is 1. The summed E-state index contributed by atoms with van der Waals surface area (Å²) in [4.78, 5) is 12.0. The van der Waals surface area contributed by atoms with Gasteiger partial charge in [0.15, 0.2) is 11.6 Å². The summed E-state index contributed by atoms with van der Waals surface area (Å²) in [5.74, 6) is -0.0172. The van der Waals surface area contributed by atoms with Gasteiger partial charge >= 0.3 is 0 Å². The number of methoxy groups -OCH3 is 1. The second-order valence-electron chi connectivity index (χ2n) is 5.47. The van der Waals surface area contributed by atoms with Gasteiger partial charge in [-0.25, -0.2) is 4.39 Å². The highest BCUT2D eigenvalue weighted by Gasteiger charge is 2.08. The van der Waals surface area contributed by atoms with Gasteiger partial charge in [-0.3, -0.25) is 4.79 Å². The summed E-state index contributed by atoms with van der Waals surface area (Å²) in [6.45, 7) is 4.23. The van der Waals surface area contributed by atoms with Crippen LogP contribution in [0.4, 0.5) is 10.1 Å². The SMILES string of the molecule is COc1ccc(CC(=O)Nc2ccc(C(C)C)cc2)cc1F. The van der Waals surface area contributed by atoms with Gasteiger partial charge < -0.3 is 10.1 Å². The van der Waals surface area contributed by atoms with Crippen LogP contribution in [-0.4, -0.2) is 13.0 Å². The molecule has 0 unspecified atom stereocenters. The van der Waals surface area contributed by atoms with Crippen LogP contribution in [0.25, 0.3) is 0 Å². The van der Waals surface area contributed by atoms with Crippen LogP contribution in [0, 0.1) is 5.82 Å². The van der Waals surface area contributed by atoms with Crippen molar-refractivity contribution in [3.63, 3.8) is 0 Å². The van der Waals surface area contributed by atoms with Crippen molar-refractivity contribution in [3.8, 4) is 5.75 Å². The van der Waals surface area contributed by atoms with Crippen molar-refractivity contribution in [2.45, 2.75) is 26.2 Å². The van der Waals surface area contributed by atoms with E-state index in [1.54, 1.807) is 6.07 Å². The van der Waals surface area contributed by atoms with Crippen molar-refractivity contribution in [2.75, 3.05) is 12.4 Å². The van der Waals surface area contributed by atoms with Crippen molar-refractivity contribution in [1.82, 2.24) is 0 Å². The number of amides is 1. The van der Waals surface area contributed by atoms with Crippen LogP contribution < -0.4 is 10.1 Å². The molecule has 0 aliphatic carbocycles. The minimum absolute atomic E-state index is 0.118. The lowest BCUT2D eigenvalue weighted by Crippen LogP contribution is -2.14. The third-order valence-electron chi connectivity index (χ3n) is 3.44. The first kappa shape index (κ1) is 16.0. The standard InChI is InChI=1S/C18H20FNO2/c1-12(2)14-5-7-15(8-6-14)20-18(21)11-13-4-9-17(22-3)16(19)10-13/h4-10,12H,11H2,1-3H3,(H,20,21). The number of hydrogen-bond donors (Lipinski definition) is 1. The predicted molar refractivity (Wildman–Crippen MR) is 85.8 cm³/mol. The molecule has 2 aromatic rings. The molecule has 0 saturated carbocycles. The molecule has 0 aliphatic rings. The molecule has 3 nitrogen and oxygen atoms in total. The maximum atomic E-state index is 13.6. The van der Waals surface area contributed by atoms with Gasteiger partial charge in [0.05, 0.1) is 13.5 Å². The zero-order chi connectivity index (χ0) is 16.1. The largest absolute Gasteiger partial charge is 0.494 e. The molecule has 2 rings (SSSR count). The molecule has 0 aliphatic heterocycles. The maximum Gasteiger partial charge on any atom is 0.228 e. The van der Waals surface area contributed by atoms with Gasteiger partial charge in [0.25, 0.3) is 0 Å². The fraction of sp³-hybridized carbons (Fsp3) is 0.278. The monoisotopic (exact) mass is 301 g/mol. The van der Waals surface area contributed by atoms with E-state index in [0.29, 0.717) is 11.5 Å². The molecular formula is C18H20FNO2. The average molecular weight is 301 g/mol. The maximum absolute atomic E-state index is 13.6. The topological polar surface area (TPSA) is 38.3 Å². The van der Waals surface area contributed by atoms with Crippen molar-refractivity contribution >= 4 is 11.6 Å². The van der Waals surface area contributed by atoms with Gasteiger partial charge in [-0.05, 0) is 41.3 Å². The Morgan fingerprint density at radius 3 is 2.41 bits per heavy atom. The Labute approximate surface area is 130 Å². The lowest BCUT2D eigenvalue weighted by Gasteiger charge is -2.09. The summed E-state index contributed by atoms with van der Waals surface area (Å²) < 4.78 is 18.4. The van der Waals surface area contributed by atoms with Crippen LogP contribution in [0.3, 0.4) is 0 Å². The van der Waals surface area contributed by atoms with E-state index in [-0.39, 0.29) is 18.1 Å². The van der Waals surface area contributed by atoms with Crippen LogP contribution in [0.1, 0.15) is 30.9 Å². The van der Waals surface area contributed by atoms with E-state index in [1.165, 1.54) is 24.8 Å². The van der Waals surface area contributed by atoms with E-state index in [1.807, 2.05) is 24.3 Å². The predicted octanol–water partition coefficient (Wildman–Crippen LogP) is 4.14. The van der Waals surface area contributed by atoms with E-state index >= 15 is 0 Å². The molecular weight excluding hydrogens is 281 g/mol. The van der Waals surface area contributed by atoms with Crippen LogP contribution >= 0.6 is 0 Å². The van der Waals surface area contributed by atoms with E-state index in [2.05, 4.69) is 19.2 Å². The molecule has 0 saturated heterocycles. The summed E-state index contributed by atoms with van der Waals surface area (Å²) in [6.07, 6.45) is 0.118. The van der Waals surface area contributed by atoms with Crippen molar-refractivity contribution < 1.29 is 13.9 Å². The fourth-order valence-electron chi connectivity index (χ4n) is 2.16. The van der Waals surface area contributed by atoms with Crippen LogP contribution in [0.15, 0.2) is 42.5 Å². The normalized spacial score (nSPS) is 10.6. The van der Waals surface area contributed by atoms with Crippen molar-refractivity contribution in [2.24, 2.45) is 0 Å². The molecule has 1 amide bonds. The van der Waals surface area contributed by atoms with Gasteiger partial charge in [0.2, 0.25) is 5.91 Å². The first-order valence-corrected chi connectivity index (χ1v) is 7.22. The summed E-state index contributed by atoms with van der Waals surface area (Å²) >= 11 is 0. The van der Waals surface area contributed by atoms with Gasteiger partial charge in [-0.15, -0.1) is 0 Å². The zero-order valence-electron chi connectivity index (χ0n) is 13.0. The smallest absolute Gasteiger partial charge is 0.228 e. The summed E-state index contributed by atoms with van der Waals surface area (Å²) in [5.41, 5.74) is 2.56. The fourth-order valence-corrected chi connectivity index (χ4v) is 2.16. The molecule has 0 radical (unpaired) electrons. The lowest BCUT2D eigenvalue weighted by atomic mass is 10.0. The van der Waals surface area contributed by atoms with Crippen LogP contribution in [0.5, 0.6) is 5.75 Å². The first-order chi connectivity index (χ1) is 10.5. The Balaban J connectivity index is 1.99. The van der Waals surface area contributed by atoms with E-state index in [9.17, 15) is 9.18 Å². The quantitative estimate of drug-likeness (QED) is 0.901. The van der Waals surface area contributed by atoms with E-state index < -0.39 is 5.82 Å². The number of nitrogens with one attached hydrogen (secondary N) is 1. The molecule has 0 aromatic heterocycles. The summed E-state index contributed by atoms with van der Waals surface area (Å²) in [5, 5.41) is 2.81. The Morgan fingerprint density at radius 1 is 1.18 bits per heavy atom. The minimum Gasteiger partial charge on any atom is -0.494 e. The average Bonchev–Trinajstić information content (AvgIpc) is 2.48. The van der Waals surface area contributed by atoms with Gasteiger partial charge in [-0.1, -0.05) is 32.0 Å². The number of benzene rings is 2. The number of anilines is 1. The number of hydrogen-bond acceptors (Lipinski definition) is 2. The minimum atomic E-state index is -0.464. The molecule has 0 atom stereocenters. The van der Waals surface area contributed by atoms with Crippen molar-refractivity contribution in [3.05, 3.63) is 59.4 Å². The summed E-state index contributed by atoms with van der Waals surface area (Å²) in [7, 11) is 1.41. The molecule has 0 bridgehead atoms. The Bertz CT molecular complexity index is 651. The third-order valence-corrected chi connectivity index (χ3v) is 3.44. The molecule has 0 fully saturated rings. The summed E-state index contributed by atoms with van der Waals surface area (Å²) in [6, 6.07) is 12.3. The number of halogens is 1. The lowest BCUT2D eigenvalue weighted by molar-refractivity contribution is -0.115. The molecule has 0 heterocycles.